The third-order valence-electron chi connectivity index (χ3n) is 4.83. The van der Waals surface area contributed by atoms with Crippen molar-refractivity contribution in [2.75, 3.05) is 0 Å². The molecule has 1 heteroatoms. The van der Waals surface area contributed by atoms with Crippen LogP contribution in [0.4, 0.5) is 0 Å². The first-order chi connectivity index (χ1) is 8.10. The molecule has 1 aromatic heterocycles. The summed E-state index contributed by atoms with van der Waals surface area (Å²) in [5.41, 5.74) is 3.10. The highest BCUT2D eigenvalue weighted by molar-refractivity contribution is 5.57. The van der Waals surface area contributed by atoms with Gasteiger partial charge in [-0.25, -0.2) is 0 Å². The lowest BCUT2D eigenvalue weighted by molar-refractivity contribution is -0.579. The van der Waals surface area contributed by atoms with Crippen molar-refractivity contribution < 1.29 is 4.57 Å². The molecule has 1 nitrogen and oxygen atoms in total. The zero-order valence-corrected chi connectivity index (χ0v) is 10.7. The Labute approximate surface area is 103 Å². The van der Waals surface area contributed by atoms with Crippen LogP contribution in [-0.4, -0.2) is 0 Å². The van der Waals surface area contributed by atoms with Crippen molar-refractivity contribution in [3.63, 3.8) is 0 Å². The van der Waals surface area contributed by atoms with Crippen LogP contribution in [-0.2, 0) is 0 Å². The van der Waals surface area contributed by atoms with Gasteiger partial charge in [0.25, 0.3) is 0 Å². The number of hydrogen-bond acceptors (Lipinski definition) is 0. The van der Waals surface area contributed by atoms with E-state index in [1.807, 2.05) is 6.07 Å². The summed E-state index contributed by atoms with van der Waals surface area (Å²) in [5, 5.41) is 0. The molecular formula is C16H20N+. The molecule has 0 aromatic carbocycles. The fourth-order valence-corrected chi connectivity index (χ4v) is 3.40. The number of fused-ring (bicyclic) bond motifs is 1. The first kappa shape index (κ1) is 10.8. The Morgan fingerprint density at radius 2 is 2.00 bits per heavy atom. The van der Waals surface area contributed by atoms with E-state index in [9.17, 15) is 0 Å². The number of aromatic nitrogens is 1. The van der Waals surface area contributed by atoms with Crippen molar-refractivity contribution in [3.8, 4) is 0 Å². The number of pyridine rings is 1. The van der Waals surface area contributed by atoms with Gasteiger partial charge in [-0.3, -0.25) is 0 Å². The predicted octanol–water partition coefficient (Wildman–Crippen LogP) is 3.44. The van der Waals surface area contributed by atoms with Crippen LogP contribution < -0.4 is 4.57 Å². The number of hydrogen-bond donors (Lipinski definition) is 0. The Morgan fingerprint density at radius 3 is 2.59 bits per heavy atom. The van der Waals surface area contributed by atoms with Crippen LogP contribution in [0.3, 0.4) is 0 Å². The van der Waals surface area contributed by atoms with Crippen LogP contribution in [0.25, 0.3) is 5.70 Å². The molecule has 17 heavy (non-hydrogen) atoms. The van der Waals surface area contributed by atoms with Crippen molar-refractivity contribution in [3.05, 3.63) is 48.8 Å². The lowest BCUT2D eigenvalue weighted by Gasteiger charge is -2.55. The topological polar surface area (TPSA) is 3.88 Å². The summed E-state index contributed by atoms with van der Waals surface area (Å²) in [7, 11) is 0. The molecule has 1 heterocycles. The molecule has 1 aromatic rings. The monoisotopic (exact) mass is 226 g/mol. The van der Waals surface area contributed by atoms with Crippen molar-refractivity contribution in [1.29, 1.82) is 0 Å². The fraction of sp³-hybridized carbons (Fsp3) is 0.438. The maximum absolute atomic E-state index is 4.28. The van der Waals surface area contributed by atoms with E-state index < -0.39 is 0 Å². The van der Waals surface area contributed by atoms with Crippen LogP contribution in [0, 0.1) is 17.3 Å². The molecule has 1 fully saturated rings. The molecule has 0 aliphatic heterocycles. The zero-order valence-electron chi connectivity index (χ0n) is 10.7. The van der Waals surface area contributed by atoms with Crippen LogP contribution in [0.5, 0.6) is 0 Å². The summed E-state index contributed by atoms with van der Waals surface area (Å²) in [5.74, 6) is 1.60. The van der Waals surface area contributed by atoms with Gasteiger partial charge < -0.3 is 0 Å². The van der Waals surface area contributed by atoms with E-state index in [0.29, 0.717) is 11.3 Å². The van der Waals surface area contributed by atoms with Gasteiger partial charge >= 0.3 is 0 Å². The van der Waals surface area contributed by atoms with E-state index in [0.717, 1.165) is 11.6 Å². The lowest BCUT2D eigenvalue weighted by atomic mass is 9.48. The smallest absolute Gasteiger partial charge is 0.168 e. The van der Waals surface area contributed by atoms with Gasteiger partial charge in [-0.1, -0.05) is 26.0 Å². The van der Waals surface area contributed by atoms with Crippen LogP contribution in [0.1, 0.15) is 26.7 Å². The Balaban J connectivity index is 1.92. The Morgan fingerprint density at radius 1 is 1.29 bits per heavy atom. The SMILES string of the molecule is C=C(C1=CC[C@H]2C[C@@H]1C2(C)C)[n+]1ccccc1. The molecule has 0 radical (unpaired) electrons. The highest BCUT2D eigenvalue weighted by Gasteiger charge is 2.52. The lowest BCUT2D eigenvalue weighted by Crippen LogP contribution is -2.50. The molecule has 0 amide bonds. The molecule has 3 aliphatic carbocycles. The molecule has 2 atom stereocenters. The third kappa shape index (κ3) is 1.49. The van der Waals surface area contributed by atoms with E-state index in [1.54, 1.807) is 0 Å². The minimum Gasteiger partial charge on any atom is -0.168 e. The quantitative estimate of drug-likeness (QED) is 0.680. The molecule has 88 valence electrons. The van der Waals surface area contributed by atoms with Gasteiger partial charge in [0.15, 0.2) is 12.4 Å². The second kappa shape index (κ2) is 3.56. The van der Waals surface area contributed by atoms with Crippen LogP contribution >= 0.6 is 0 Å². The first-order valence-corrected chi connectivity index (χ1v) is 6.46. The highest BCUT2D eigenvalue weighted by Crippen LogP contribution is 2.60. The van der Waals surface area contributed by atoms with Gasteiger partial charge in [0.05, 0.1) is 0 Å². The third-order valence-corrected chi connectivity index (χ3v) is 4.83. The molecule has 4 rings (SSSR count). The van der Waals surface area contributed by atoms with Crippen molar-refractivity contribution in [2.24, 2.45) is 17.3 Å². The molecular weight excluding hydrogens is 206 g/mol. The molecule has 3 aliphatic rings. The average Bonchev–Trinajstić information content (AvgIpc) is 2.38. The van der Waals surface area contributed by atoms with Gasteiger partial charge in [0.2, 0.25) is 5.70 Å². The van der Waals surface area contributed by atoms with Crippen LogP contribution in [0.15, 0.2) is 48.8 Å². The Hall–Kier alpha value is -1.37. The standard InChI is InChI=1S/C16H20N/c1-12(17-9-5-4-6-10-17)14-8-7-13-11-15(14)16(13,2)3/h4-6,8-10,13,15H,1,7,11H2,2-3H3/q+1/t13-,15-/m0/s1. The van der Waals surface area contributed by atoms with Gasteiger partial charge in [-0.05, 0) is 36.7 Å². The second-order valence-corrected chi connectivity index (χ2v) is 5.93. The summed E-state index contributed by atoms with van der Waals surface area (Å²) in [4.78, 5) is 0. The van der Waals surface area contributed by atoms with Crippen molar-refractivity contribution >= 4 is 5.70 Å². The molecule has 2 bridgehead atoms. The molecule has 0 spiro atoms. The summed E-state index contributed by atoms with van der Waals surface area (Å²) < 4.78 is 2.14. The highest BCUT2D eigenvalue weighted by atomic mass is 14.9. The number of allylic oxidation sites excluding steroid dienone is 3. The summed E-state index contributed by atoms with van der Waals surface area (Å²) in [6, 6.07) is 6.16. The summed E-state index contributed by atoms with van der Waals surface area (Å²) in [6.07, 6.45) is 9.16. The van der Waals surface area contributed by atoms with E-state index in [-0.39, 0.29) is 0 Å². The van der Waals surface area contributed by atoms with E-state index in [2.05, 4.69) is 55.6 Å². The Bertz CT molecular complexity index is 482. The molecule has 1 saturated carbocycles. The normalized spacial score (nSPS) is 29.2. The zero-order chi connectivity index (χ0) is 12.0. The molecule has 0 saturated heterocycles. The molecule has 0 unspecified atom stereocenters. The summed E-state index contributed by atoms with van der Waals surface area (Å²) >= 11 is 0. The maximum atomic E-state index is 4.28. The Kier molecular flexibility index (Phi) is 2.25. The number of nitrogens with zero attached hydrogens (tertiary/aromatic N) is 1. The average molecular weight is 226 g/mol. The van der Waals surface area contributed by atoms with E-state index in [1.165, 1.54) is 18.4 Å². The summed E-state index contributed by atoms with van der Waals surface area (Å²) in [6.45, 7) is 9.09. The van der Waals surface area contributed by atoms with Crippen molar-refractivity contribution in [1.82, 2.24) is 0 Å². The largest absolute Gasteiger partial charge is 0.206 e. The second-order valence-electron chi connectivity index (χ2n) is 5.93. The van der Waals surface area contributed by atoms with Crippen molar-refractivity contribution in [2.45, 2.75) is 26.7 Å². The van der Waals surface area contributed by atoms with Gasteiger partial charge in [-0.2, -0.15) is 4.57 Å². The minimum atomic E-state index is 0.475. The van der Waals surface area contributed by atoms with E-state index in [4.69, 9.17) is 0 Å². The predicted molar refractivity (Wildman–Crippen MR) is 70.0 cm³/mol. The molecule has 0 N–H and O–H groups in total. The van der Waals surface area contributed by atoms with Gasteiger partial charge in [0, 0.05) is 17.7 Å². The minimum absolute atomic E-state index is 0.475. The first-order valence-electron chi connectivity index (χ1n) is 6.46. The van der Waals surface area contributed by atoms with Gasteiger partial charge in [-0.15, -0.1) is 0 Å². The van der Waals surface area contributed by atoms with Crippen LogP contribution in [0.2, 0.25) is 0 Å². The van der Waals surface area contributed by atoms with Gasteiger partial charge in [0.1, 0.15) is 0 Å². The number of rotatable bonds is 2. The fourth-order valence-electron chi connectivity index (χ4n) is 3.40. The van der Waals surface area contributed by atoms with E-state index >= 15 is 0 Å². The maximum Gasteiger partial charge on any atom is 0.206 e.